The molecule has 2 heterocycles. The maximum atomic E-state index is 12.6. The van der Waals surface area contributed by atoms with Gasteiger partial charge in [-0.1, -0.05) is 13.8 Å². The van der Waals surface area contributed by atoms with Gasteiger partial charge in [-0.05, 0) is 37.0 Å². The van der Waals surface area contributed by atoms with E-state index < -0.39 is 10.2 Å². The van der Waals surface area contributed by atoms with E-state index in [4.69, 9.17) is 11.6 Å². The number of hydrogen-bond acceptors (Lipinski definition) is 2. The largest absolute Gasteiger partial charge is 0.281 e. The van der Waals surface area contributed by atoms with Crippen LogP contribution in [0.3, 0.4) is 0 Å². The SMILES string of the molecule is CC(C)C1CCN(S(=O)(=O)N2CCC(CCl)CC2)C1. The molecule has 112 valence electrons. The predicted octanol–water partition coefficient (Wildman–Crippen LogP) is 2.16. The summed E-state index contributed by atoms with van der Waals surface area (Å²) in [4.78, 5) is 0. The van der Waals surface area contributed by atoms with E-state index in [1.54, 1.807) is 8.61 Å². The minimum absolute atomic E-state index is 0.482. The summed E-state index contributed by atoms with van der Waals surface area (Å²) in [6, 6.07) is 0. The third-order valence-electron chi connectivity index (χ3n) is 4.57. The molecular formula is C13H25ClN2O2S. The lowest BCUT2D eigenvalue weighted by molar-refractivity contribution is 0.269. The molecule has 2 saturated heterocycles. The Morgan fingerprint density at radius 2 is 1.68 bits per heavy atom. The van der Waals surface area contributed by atoms with Crippen LogP contribution >= 0.6 is 11.6 Å². The fraction of sp³-hybridized carbons (Fsp3) is 1.00. The molecule has 0 aliphatic carbocycles. The molecule has 0 spiro atoms. The first-order valence-electron chi connectivity index (χ1n) is 7.26. The molecule has 4 nitrogen and oxygen atoms in total. The molecular weight excluding hydrogens is 284 g/mol. The normalized spacial score (nSPS) is 28.3. The molecule has 19 heavy (non-hydrogen) atoms. The second-order valence-electron chi connectivity index (χ2n) is 6.16. The highest BCUT2D eigenvalue weighted by Crippen LogP contribution is 2.29. The number of nitrogens with zero attached hydrogens (tertiary/aromatic N) is 2. The molecule has 0 radical (unpaired) electrons. The van der Waals surface area contributed by atoms with Gasteiger partial charge in [-0.15, -0.1) is 11.6 Å². The van der Waals surface area contributed by atoms with Gasteiger partial charge in [0.1, 0.15) is 0 Å². The maximum absolute atomic E-state index is 12.6. The van der Waals surface area contributed by atoms with Crippen LogP contribution in [-0.4, -0.2) is 49.1 Å². The van der Waals surface area contributed by atoms with Gasteiger partial charge in [-0.3, -0.25) is 0 Å². The molecule has 0 amide bonds. The molecule has 2 fully saturated rings. The van der Waals surface area contributed by atoms with Gasteiger partial charge in [0.05, 0.1) is 0 Å². The topological polar surface area (TPSA) is 40.6 Å². The second kappa shape index (κ2) is 6.29. The Balaban J connectivity index is 1.96. The van der Waals surface area contributed by atoms with Gasteiger partial charge in [0, 0.05) is 32.1 Å². The zero-order chi connectivity index (χ0) is 14.0. The summed E-state index contributed by atoms with van der Waals surface area (Å²) < 4.78 is 28.5. The summed E-state index contributed by atoms with van der Waals surface area (Å²) in [7, 11) is -3.24. The van der Waals surface area contributed by atoms with Crippen LogP contribution in [0.4, 0.5) is 0 Å². The summed E-state index contributed by atoms with van der Waals surface area (Å²) in [6.45, 7) is 6.97. The first-order chi connectivity index (χ1) is 8.95. The van der Waals surface area contributed by atoms with Crippen LogP contribution in [-0.2, 0) is 10.2 Å². The highest BCUT2D eigenvalue weighted by molar-refractivity contribution is 7.86. The first kappa shape index (κ1) is 15.5. The minimum Gasteiger partial charge on any atom is -0.195 e. The van der Waals surface area contributed by atoms with Crippen molar-refractivity contribution < 1.29 is 8.42 Å². The summed E-state index contributed by atoms with van der Waals surface area (Å²) in [5, 5.41) is 0. The van der Waals surface area contributed by atoms with Crippen molar-refractivity contribution >= 4 is 21.8 Å². The van der Waals surface area contributed by atoms with Crippen LogP contribution in [0.15, 0.2) is 0 Å². The Morgan fingerprint density at radius 3 is 2.16 bits per heavy atom. The molecule has 0 aromatic heterocycles. The lowest BCUT2D eigenvalue weighted by Gasteiger charge is -2.33. The first-order valence-corrected chi connectivity index (χ1v) is 9.19. The average Bonchev–Trinajstić information content (AvgIpc) is 2.89. The van der Waals surface area contributed by atoms with E-state index in [0.717, 1.165) is 19.3 Å². The fourth-order valence-electron chi connectivity index (χ4n) is 2.97. The zero-order valence-electron chi connectivity index (χ0n) is 11.9. The Kier molecular flexibility index (Phi) is 5.15. The maximum Gasteiger partial charge on any atom is 0.281 e. The zero-order valence-corrected chi connectivity index (χ0v) is 13.5. The predicted molar refractivity (Wildman–Crippen MR) is 78.5 cm³/mol. The van der Waals surface area contributed by atoms with E-state index in [9.17, 15) is 8.42 Å². The van der Waals surface area contributed by atoms with Gasteiger partial charge in [-0.25, -0.2) is 0 Å². The standard InChI is InChI=1S/C13H25ClN2O2S/c1-11(2)13-5-8-16(10-13)19(17,18)15-6-3-12(9-14)4-7-15/h11-13H,3-10H2,1-2H3. The van der Waals surface area contributed by atoms with Crippen LogP contribution in [0.1, 0.15) is 33.1 Å². The molecule has 2 aliphatic rings. The number of piperidine rings is 1. The van der Waals surface area contributed by atoms with E-state index in [1.807, 2.05) is 0 Å². The summed E-state index contributed by atoms with van der Waals surface area (Å²) >= 11 is 5.84. The minimum atomic E-state index is -3.24. The summed E-state index contributed by atoms with van der Waals surface area (Å²) in [6.07, 6.45) is 2.78. The van der Waals surface area contributed by atoms with Gasteiger partial charge >= 0.3 is 0 Å². The van der Waals surface area contributed by atoms with E-state index in [0.29, 0.717) is 49.8 Å². The van der Waals surface area contributed by atoms with E-state index in [-0.39, 0.29) is 0 Å². The van der Waals surface area contributed by atoms with Gasteiger partial charge in [-0.2, -0.15) is 17.0 Å². The molecule has 1 unspecified atom stereocenters. The quantitative estimate of drug-likeness (QED) is 0.747. The molecule has 0 bridgehead atoms. The van der Waals surface area contributed by atoms with Crippen molar-refractivity contribution in [1.29, 1.82) is 0 Å². The summed E-state index contributed by atoms with van der Waals surface area (Å²) in [5.41, 5.74) is 0. The number of halogens is 1. The molecule has 0 aromatic rings. The second-order valence-corrected chi connectivity index (χ2v) is 8.39. The van der Waals surface area contributed by atoms with Crippen molar-refractivity contribution in [3.63, 3.8) is 0 Å². The molecule has 0 aromatic carbocycles. The third-order valence-corrected chi connectivity index (χ3v) is 7.01. The van der Waals surface area contributed by atoms with Crippen molar-refractivity contribution in [2.75, 3.05) is 32.1 Å². The van der Waals surface area contributed by atoms with Crippen LogP contribution < -0.4 is 0 Å². The lowest BCUT2D eigenvalue weighted by atomic mass is 9.96. The molecule has 2 aliphatic heterocycles. The van der Waals surface area contributed by atoms with Crippen molar-refractivity contribution in [2.24, 2.45) is 17.8 Å². The Hall–Kier alpha value is 0.160. The van der Waals surface area contributed by atoms with E-state index in [1.165, 1.54) is 0 Å². The fourth-order valence-corrected chi connectivity index (χ4v) is 4.99. The molecule has 0 N–H and O–H groups in total. The average molecular weight is 309 g/mol. The van der Waals surface area contributed by atoms with Crippen molar-refractivity contribution in [1.82, 2.24) is 8.61 Å². The van der Waals surface area contributed by atoms with Gasteiger partial charge < -0.3 is 0 Å². The van der Waals surface area contributed by atoms with Crippen LogP contribution in [0.5, 0.6) is 0 Å². The van der Waals surface area contributed by atoms with Crippen LogP contribution in [0.2, 0.25) is 0 Å². The number of hydrogen-bond donors (Lipinski definition) is 0. The van der Waals surface area contributed by atoms with Crippen LogP contribution in [0.25, 0.3) is 0 Å². The molecule has 2 rings (SSSR count). The molecule has 0 saturated carbocycles. The van der Waals surface area contributed by atoms with E-state index >= 15 is 0 Å². The smallest absolute Gasteiger partial charge is 0.195 e. The highest BCUT2D eigenvalue weighted by Gasteiger charge is 2.37. The Bertz CT molecular complexity index is 391. The van der Waals surface area contributed by atoms with Crippen molar-refractivity contribution in [2.45, 2.75) is 33.1 Å². The Morgan fingerprint density at radius 1 is 1.11 bits per heavy atom. The van der Waals surface area contributed by atoms with Crippen molar-refractivity contribution in [3.05, 3.63) is 0 Å². The monoisotopic (exact) mass is 308 g/mol. The molecule has 1 atom stereocenters. The van der Waals surface area contributed by atoms with Gasteiger partial charge in [0.2, 0.25) is 0 Å². The number of alkyl halides is 1. The Labute approximate surface area is 122 Å². The third kappa shape index (κ3) is 3.43. The highest BCUT2D eigenvalue weighted by atomic mass is 35.5. The molecule has 6 heteroatoms. The van der Waals surface area contributed by atoms with Crippen LogP contribution in [0, 0.1) is 17.8 Å². The number of rotatable bonds is 4. The van der Waals surface area contributed by atoms with Gasteiger partial charge in [0.15, 0.2) is 0 Å². The lowest BCUT2D eigenvalue weighted by Crippen LogP contribution is -2.46. The van der Waals surface area contributed by atoms with E-state index in [2.05, 4.69) is 13.8 Å². The summed E-state index contributed by atoms with van der Waals surface area (Å²) in [5.74, 6) is 2.19. The van der Waals surface area contributed by atoms with Gasteiger partial charge in [0.25, 0.3) is 10.2 Å². The van der Waals surface area contributed by atoms with Crippen molar-refractivity contribution in [3.8, 4) is 0 Å².